The van der Waals surface area contributed by atoms with Crippen LogP contribution in [0.15, 0.2) is 30.3 Å². The molecule has 0 radical (unpaired) electrons. The fourth-order valence-electron chi connectivity index (χ4n) is 1.84. The molecular formula is C15H18N2O3. The molecule has 5 heteroatoms. The van der Waals surface area contributed by atoms with E-state index in [0.29, 0.717) is 11.2 Å². The van der Waals surface area contributed by atoms with E-state index in [1.807, 2.05) is 32.0 Å². The van der Waals surface area contributed by atoms with Crippen molar-refractivity contribution in [3.8, 4) is 0 Å². The molecule has 0 aliphatic rings. The molecule has 2 aromatic rings. The molecule has 1 aromatic carbocycles. The van der Waals surface area contributed by atoms with Crippen LogP contribution in [-0.4, -0.2) is 32.8 Å². The van der Waals surface area contributed by atoms with Gasteiger partial charge >= 0.3 is 5.97 Å². The van der Waals surface area contributed by atoms with Gasteiger partial charge < -0.3 is 15.5 Å². The van der Waals surface area contributed by atoms with Crippen LogP contribution >= 0.6 is 0 Å². The number of benzene rings is 1. The number of rotatable bonds is 4. The van der Waals surface area contributed by atoms with Crippen LogP contribution in [0.25, 0.3) is 10.9 Å². The lowest BCUT2D eigenvalue weighted by Crippen LogP contribution is -2.42. The van der Waals surface area contributed by atoms with Gasteiger partial charge in [-0.25, -0.2) is 9.78 Å². The molecule has 3 N–H and O–H groups in total. The molecule has 0 bridgehead atoms. The number of nitrogens with one attached hydrogen (secondary N) is 1. The van der Waals surface area contributed by atoms with E-state index in [1.54, 1.807) is 13.0 Å². The predicted octanol–water partition coefficient (Wildman–Crippen LogP) is 2.50. The van der Waals surface area contributed by atoms with Gasteiger partial charge in [-0.2, -0.15) is 0 Å². The zero-order valence-electron chi connectivity index (χ0n) is 11.7. The van der Waals surface area contributed by atoms with Crippen molar-refractivity contribution >= 4 is 22.6 Å². The normalized spacial score (nSPS) is 13.2. The second-order valence-electron chi connectivity index (χ2n) is 5.40. The van der Waals surface area contributed by atoms with Crippen LogP contribution in [-0.2, 0) is 0 Å². The number of aromatic carboxylic acids is 1. The van der Waals surface area contributed by atoms with Crippen molar-refractivity contribution in [3.63, 3.8) is 0 Å². The van der Waals surface area contributed by atoms with E-state index in [1.165, 1.54) is 6.07 Å². The molecular weight excluding hydrogens is 256 g/mol. The molecule has 106 valence electrons. The first-order chi connectivity index (χ1) is 9.31. The Balaban J connectivity index is 2.58. The molecule has 0 saturated carbocycles. The van der Waals surface area contributed by atoms with Gasteiger partial charge in [-0.3, -0.25) is 0 Å². The molecule has 0 aliphatic heterocycles. The minimum Gasteiger partial charge on any atom is -0.477 e. The predicted molar refractivity (Wildman–Crippen MR) is 78.1 cm³/mol. The number of fused-ring (bicyclic) bond motifs is 1. The number of carbonyl (C=O) groups is 1. The van der Waals surface area contributed by atoms with Crippen LogP contribution < -0.4 is 5.32 Å². The third-order valence-electron chi connectivity index (χ3n) is 3.44. The summed E-state index contributed by atoms with van der Waals surface area (Å²) in [5.74, 6) is -1.08. The van der Waals surface area contributed by atoms with E-state index in [0.717, 1.165) is 5.39 Å². The van der Waals surface area contributed by atoms with Crippen molar-refractivity contribution in [2.75, 3.05) is 5.32 Å². The number of para-hydroxylation sites is 1. The number of pyridine rings is 1. The number of carboxylic acids is 1. The fourth-order valence-corrected chi connectivity index (χ4v) is 1.84. The van der Waals surface area contributed by atoms with Crippen LogP contribution in [0.2, 0.25) is 0 Å². The molecule has 0 fully saturated rings. The van der Waals surface area contributed by atoms with E-state index >= 15 is 0 Å². The third-order valence-corrected chi connectivity index (χ3v) is 3.44. The maximum absolute atomic E-state index is 11.2. The zero-order chi connectivity index (χ0) is 14.9. The molecule has 0 spiro atoms. The van der Waals surface area contributed by atoms with Crippen LogP contribution in [0.1, 0.15) is 31.3 Å². The van der Waals surface area contributed by atoms with Gasteiger partial charge in [-0.15, -0.1) is 0 Å². The van der Waals surface area contributed by atoms with Crippen LogP contribution in [0.5, 0.6) is 0 Å². The first-order valence-electron chi connectivity index (χ1n) is 6.40. The van der Waals surface area contributed by atoms with Crippen molar-refractivity contribution in [2.45, 2.75) is 32.4 Å². The smallest absolute Gasteiger partial charge is 0.354 e. The summed E-state index contributed by atoms with van der Waals surface area (Å²) in [6.45, 7) is 5.40. The molecule has 5 nitrogen and oxygen atoms in total. The number of aromatic nitrogens is 1. The summed E-state index contributed by atoms with van der Waals surface area (Å²) in [5.41, 5.74) is 0.655. The Labute approximate surface area is 117 Å². The molecule has 20 heavy (non-hydrogen) atoms. The lowest BCUT2D eigenvalue weighted by Gasteiger charge is -2.31. The van der Waals surface area contributed by atoms with Crippen molar-refractivity contribution in [1.29, 1.82) is 0 Å². The number of carboxylic acid groups (broad SMARTS) is 1. The summed E-state index contributed by atoms with van der Waals surface area (Å²) in [7, 11) is 0. The standard InChI is InChI=1S/C15H18N2O3/c1-9(18)15(2,3)17-12-8-13(14(19)20)16-11-7-5-4-6-10(11)12/h4-9,18H,1-3H3,(H,16,17)(H,19,20). The molecule has 1 heterocycles. The van der Waals surface area contributed by atoms with Gasteiger partial charge in [0.25, 0.3) is 0 Å². The number of nitrogens with zero attached hydrogens (tertiary/aromatic N) is 1. The summed E-state index contributed by atoms with van der Waals surface area (Å²) >= 11 is 0. The second kappa shape index (κ2) is 5.09. The Morgan fingerprint density at radius 2 is 2.00 bits per heavy atom. The van der Waals surface area contributed by atoms with E-state index in [9.17, 15) is 9.90 Å². The van der Waals surface area contributed by atoms with E-state index in [2.05, 4.69) is 10.3 Å². The molecule has 0 saturated heterocycles. The molecule has 0 aliphatic carbocycles. The summed E-state index contributed by atoms with van der Waals surface area (Å²) in [6, 6.07) is 8.81. The average Bonchev–Trinajstić information content (AvgIpc) is 2.37. The Morgan fingerprint density at radius 1 is 1.35 bits per heavy atom. The fraction of sp³-hybridized carbons (Fsp3) is 0.333. The van der Waals surface area contributed by atoms with Crippen molar-refractivity contribution in [3.05, 3.63) is 36.0 Å². The zero-order valence-corrected chi connectivity index (χ0v) is 11.7. The quantitative estimate of drug-likeness (QED) is 0.798. The minimum absolute atomic E-state index is 0.0207. The Morgan fingerprint density at radius 3 is 2.60 bits per heavy atom. The van der Waals surface area contributed by atoms with Gasteiger partial charge in [0.05, 0.1) is 17.2 Å². The highest BCUT2D eigenvalue weighted by Gasteiger charge is 2.25. The first kappa shape index (κ1) is 14.3. The second-order valence-corrected chi connectivity index (χ2v) is 5.40. The number of hydrogen-bond acceptors (Lipinski definition) is 4. The monoisotopic (exact) mass is 274 g/mol. The van der Waals surface area contributed by atoms with E-state index < -0.39 is 17.6 Å². The largest absolute Gasteiger partial charge is 0.477 e. The SMILES string of the molecule is CC(O)C(C)(C)Nc1cc(C(=O)O)nc2ccccc12. The Kier molecular flexibility index (Phi) is 3.63. The van der Waals surface area contributed by atoms with Crippen molar-refractivity contribution in [1.82, 2.24) is 4.98 Å². The number of hydrogen-bond donors (Lipinski definition) is 3. The van der Waals surface area contributed by atoms with Crippen molar-refractivity contribution in [2.24, 2.45) is 0 Å². The summed E-state index contributed by atoms with van der Waals surface area (Å²) in [6.07, 6.45) is -0.595. The lowest BCUT2D eigenvalue weighted by atomic mass is 9.97. The van der Waals surface area contributed by atoms with Gasteiger partial charge in [0, 0.05) is 11.1 Å². The van der Waals surface area contributed by atoms with Gasteiger partial charge in [-0.1, -0.05) is 18.2 Å². The highest BCUT2D eigenvalue weighted by Crippen LogP contribution is 2.27. The molecule has 1 aromatic heterocycles. The summed E-state index contributed by atoms with van der Waals surface area (Å²) in [5, 5.41) is 23.0. The molecule has 0 amide bonds. The number of aliphatic hydroxyl groups excluding tert-OH is 1. The minimum atomic E-state index is -1.08. The van der Waals surface area contributed by atoms with Gasteiger partial charge in [0.2, 0.25) is 0 Å². The van der Waals surface area contributed by atoms with Crippen LogP contribution in [0.3, 0.4) is 0 Å². The van der Waals surface area contributed by atoms with Gasteiger partial charge in [-0.05, 0) is 32.9 Å². The van der Waals surface area contributed by atoms with Crippen molar-refractivity contribution < 1.29 is 15.0 Å². The summed E-state index contributed by atoms with van der Waals surface area (Å²) in [4.78, 5) is 15.3. The summed E-state index contributed by atoms with van der Waals surface area (Å²) < 4.78 is 0. The average molecular weight is 274 g/mol. The van der Waals surface area contributed by atoms with Gasteiger partial charge in [0.1, 0.15) is 0 Å². The highest BCUT2D eigenvalue weighted by molar-refractivity contribution is 5.97. The van der Waals surface area contributed by atoms with E-state index in [4.69, 9.17) is 5.11 Å². The lowest BCUT2D eigenvalue weighted by molar-refractivity contribution is 0.0691. The Hall–Kier alpha value is -2.14. The molecule has 2 rings (SSSR count). The molecule has 1 unspecified atom stereocenters. The topological polar surface area (TPSA) is 82.5 Å². The maximum atomic E-state index is 11.2. The first-order valence-corrected chi connectivity index (χ1v) is 6.40. The maximum Gasteiger partial charge on any atom is 0.354 e. The number of aliphatic hydroxyl groups is 1. The Bertz CT molecular complexity index is 651. The van der Waals surface area contributed by atoms with Crippen LogP contribution in [0.4, 0.5) is 5.69 Å². The molecule has 1 atom stereocenters. The highest BCUT2D eigenvalue weighted by atomic mass is 16.4. The van der Waals surface area contributed by atoms with Gasteiger partial charge in [0.15, 0.2) is 5.69 Å². The third kappa shape index (κ3) is 2.72. The van der Waals surface area contributed by atoms with E-state index in [-0.39, 0.29) is 5.69 Å². The van der Waals surface area contributed by atoms with Crippen LogP contribution in [0, 0.1) is 0 Å². The number of anilines is 1.